The number of carbonyl (C=O) groups excluding carboxylic acids is 4. The molecule has 12 nitrogen and oxygen atoms in total. The Labute approximate surface area is 251 Å². The number of pyridine rings is 1. The molecule has 1 aromatic heterocycles. The van der Waals surface area contributed by atoms with Crippen molar-refractivity contribution in [3.8, 4) is 5.75 Å². The van der Waals surface area contributed by atoms with Crippen molar-refractivity contribution in [3.05, 3.63) is 86.8 Å². The third-order valence-corrected chi connectivity index (χ3v) is 6.16. The second-order valence-corrected chi connectivity index (χ2v) is 9.25. The molecule has 1 unspecified atom stereocenters. The maximum atomic E-state index is 13.9. The first-order chi connectivity index (χ1) is 20.7. The minimum absolute atomic E-state index is 0.0655. The number of nitrogen functional groups attached to an aromatic ring is 1. The standard InChI is InChI=1S/C27H24ClF4N5O7/c1-3-43-21(39)11-37(20(38)12-44-24-22(31)16(29)10-17(30)23(24)32)35-25(40)13(2)36-8-4-5-19(27(36)42)34-26(41)14-6-7-18(33)15(28)9-14/h4-10,13H,3,11-12,33H2,1-2H3,(H,34,41)(H,35,40). The summed E-state index contributed by atoms with van der Waals surface area (Å²) in [7, 11) is 0. The van der Waals surface area contributed by atoms with Gasteiger partial charge in [-0.05, 0) is 44.2 Å². The number of nitrogens with zero attached hydrogens (tertiary/aromatic N) is 2. The summed E-state index contributed by atoms with van der Waals surface area (Å²) in [4.78, 5) is 63.6. The minimum Gasteiger partial charge on any atom is -0.477 e. The first-order valence-corrected chi connectivity index (χ1v) is 12.9. The predicted octanol–water partition coefficient (Wildman–Crippen LogP) is 2.96. The second-order valence-electron chi connectivity index (χ2n) is 8.85. The van der Waals surface area contributed by atoms with Gasteiger partial charge < -0.3 is 25.1 Å². The number of benzene rings is 2. The number of hydrogen-bond acceptors (Lipinski definition) is 8. The summed E-state index contributed by atoms with van der Waals surface area (Å²) >= 11 is 5.94. The Morgan fingerprint density at radius 1 is 1.07 bits per heavy atom. The van der Waals surface area contributed by atoms with Crippen LogP contribution in [0.5, 0.6) is 5.75 Å². The van der Waals surface area contributed by atoms with Gasteiger partial charge >= 0.3 is 5.97 Å². The summed E-state index contributed by atoms with van der Waals surface area (Å²) in [5.74, 6) is -13.0. The maximum Gasteiger partial charge on any atom is 0.327 e. The number of hydrogen-bond donors (Lipinski definition) is 3. The highest BCUT2D eigenvalue weighted by molar-refractivity contribution is 6.33. The molecule has 3 rings (SSSR count). The van der Waals surface area contributed by atoms with Crippen LogP contribution in [0.4, 0.5) is 28.9 Å². The van der Waals surface area contributed by atoms with Crippen molar-refractivity contribution in [1.82, 2.24) is 15.0 Å². The van der Waals surface area contributed by atoms with Crippen molar-refractivity contribution < 1.29 is 46.2 Å². The van der Waals surface area contributed by atoms with E-state index in [0.29, 0.717) is 5.01 Å². The van der Waals surface area contributed by atoms with Gasteiger partial charge in [0.25, 0.3) is 23.3 Å². The van der Waals surface area contributed by atoms with Gasteiger partial charge in [-0.2, -0.15) is 8.78 Å². The van der Waals surface area contributed by atoms with Gasteiger partial charge in [-0.15, -0.1) is 0 Å². The highest BCUT2D eigenvalue weighted by Crippen LogP contribution is 2.26. The van der Waals surface area contributed by atoms with E-state index in [1.165, 1.54) is 50.4 Å². The molecule has 4 N–H and O–H groups in total. The van der Waals surface area contributed by atoms with Gasteiger partial charge in [0.1, 0.15) is 18.3 Å². The first-order valence-electron chi connectivity index (χ1n) is 12.5. The molecule has 0 aliphatic heterocycles. The molecule has 0 aliphatic carbocycles. The minimum atomic E-state index is -1.92. The molecule has 2 aromatic carbocycles. The normalized spacial score (nSPS) is 11.3. The topological polar surface area (TPSA) is 162 Å². The van der Waals surface area contributed by atoms with Crippen LogP contribution in [0.3, 0.4) is 0 Å². The lowest BCUT2D eigenvalue weighted by Crippen LogP contribution is -2.52. The highest BCUT2D eigenvalue weighted by atomic mass is 35.5. The molecule has 3 amide bonds. The molecule has 0 fully saturated rings. The van der Waals surface area contributed by atoms with Crippen molar-refractivity contribution in [2.45, 2.75) is 19.9 Å². The van der Waals surface area contributed by atoms with E-state index in [-0.39, 0.29) is 34.6 Å². The molecule has 3 aromatic rings. The Kier molecular flexibility index (Phi) is 10.9. The molecule has 1 atom stereocenters. The van der Waals surface area contributed by atoms with Crippen LogP contribution in [0.1, 0.15) is 30.2 Å². The monoisotopic (exact) mass is 641 g/mol. The summed E-state index contributed by atoms with van der Waals surface area (Å²) < 4.78 is 65.1. The lowest BCUT2D eigenvalue weighted by molar-refractivity contribution is -0.154. The number of halogens is 5. The lowest BCUT2D eigenvalue weighted by Gasteiger charge is -2.25. The molecule has 17 heteroatoms. The van der Waals surface area contributed by atoms with Gasteiger partial charge in [0, 0.05) is 17.8 Å². The number of esters is 1. The molecular weight excluding hydrogens is 618 g/mol. The number of nitrogens with one attached hydrogen (secondary N) is 2. The van der Waals surface area contributed by atoms with E-state index in [4.69, 9.17) is 22.1 Å². The Balaban J connectivity index is 1.79. The van der Waals surface area contributed by atoms with E-state index in [2.05, 4.69) is 15.5 Å². The Morgan fingerprint density at radius 3 is 2.34 bits per heavy atom. The fourth-order valence-electron chi connectivity index (χ4n) is 3.54. The molecule has 0 saturated heterocycles. The van der Waals surface area contributed by atoms with Crippen LogP contribution in [-0.2, 0) is 19.1 Å². The number of aromatic nitrogens is 1. The summed E-state index contributed by atoms with van der Waals surface area (Å²) in [6, 6.07) is 5.22. The third kappa shape index (κ3) is 7.83. The smallest absolute Gasteiger partial charge is 0.327 e. The SMILES string of the molecule is CCOC(=O)CN(NC(=O)C(C)n1cccc(NC(=O)c2ccc(N)c(Cl)c2)c1=O)C(=O)COc1c(F)c(F)cc(F)c1F. The van der Waals surface area contributed by atoms with Gasteiger partial charge in [-0.3, -0.25) is 29.4 Å². The summed E-state index contributed by atoms with van der Waals surface area (Å²) in [6.45, 7) is 0.370. The van der Waals surface area contributed by atoms with Crippen LogP contribution in [0.25, 0.3) is 0 Å². The van der Waals surface area contributed by atoms with Gasteiger partial charge in [0.05, 0.1) is 17.3 Å². The zero-order valence-corrected chi connectivity index (χ0v) is 23.7. The van der Waals surface area contributed by atoms with Crippen LogP contribution >= 0.6 is 11.6 Å². The zero-order valence-electron chi connectivity index (χ0n) is 23.0. The number of rotatable bonds is 10. The van der Waals surface area contributed by atoms with Gasteiger partial charge in [-0.25, -0.2) is 13.8 Å². The third-order valence-electron chi connectivity index (χ3n) is 5.83. The molecule has 234 valence electrons. The fraction of sp³-hybridized carbons (Fsp3) is 0.222. The molecule has 0 radical (unpaired) electrons. The van der Waals surface area contributed by atoms with Crippen LogP contribution in [-0.4, -0.2) is 53.0 Å². The van der Waals surface area contributed by atoms with Crippen molar-refractivity contribution in [1.29, 1.82) is 0 Å². The summed E-state index contributed by atoms with van der Waals surface area (Å²) in [5, 5.41) is 2.87. The number of amides is 3. The largest absolute Gasteiger partial charge is 0.477 e. The van der Waals surface area contributed by atoms with Crippen molar-refractivity contribution in [2.24, 2.45) is 0 Å². The molecule has 44 heavy (non-hydrogen) atoms. The zero-order chi connectivity index (χ0) is 32.7. The number of anilines is 2. The lowest BCUT2D eigenvalue weighted by atomic mass is 10.2. The highest BCUT2D eigenvalue weighted by Gasteiger charge is 2.27. The predicted molar refractivity (Wildman–Crippen MR) is 147 cm³/mol. The average Bonchev–Trinajstić information content (AvgIpc) is 2.97. The Hall–Kier alpha value is -5.12. The molecule has 0 bridgehead atoms. The summed E-state index contributed by atoms with van der Waals surface area (Å²) in [6.07, 6.45) is 1.20. The molecular formula is C27H24ClF4N5O7. The van der Waals surface area contributed by atoms with E-state index in [9.17, 15) is 41.5 Å². The summed E-state index contributed by atoms with van der Waals surface area (Å²) in [5.41, 5.74) is 6.96. The van der Waals surface area contributed by atoms with Crippen LogP contribution in [0, 0.1) is 23.3 Å². The van der Waals surface area contributed by atoms with Crippen molar-refractivity contribution >= 4 is 46.7 Å². The van der Waals surface area contributed by atoms with Crippen molar-refractivity contribution in [3.63, 3.8) is 0 Å². The van der Waals surface area contributed by atoms with E-state index in [1.54, 1.807) is 0 Å². The van der Waals surface area contributed by atoms with Crippen LogP contribution in [0.2, 0.25) is 5.02 Å². The van der Waals surface area contributed by atoms with Crippen LogP contribution in [0.15, 0.2) is 47.4 Å². The van der Waals surface area contributed by atoms with E-state index in [0.717, 1.165) is 4.57 Å². The van der Waals surface area contributed by atoms with E-state index >= 15 is 0 Å². The van der Waals surface area contributed by atoms with Crippen LogP contribution < -0.4 is 26.8 Å². The number of nitrogens with two attached hydrogens (primary N) is 1. The average molecular weight is 642 g/mol. The molecule has 0 saturated carbocycles. The van der Waals surface area contributed by atoms with E-state index in [1.807, 2.05) is 0 Å². The number of carbonyl (C=O) groups is 4. The quantitative estimate of drug-likeness (QED) is 0.100. The molecule has 0 spiro atoms. The fourth-order valence-corrected chi connectivity index (χ4v) is 3.72. The maximum absolute atomic E-state index is 13.9. The van der Waals surface area contributed by atoms with E-state index < -0.39 is 77.5 Å². The number of ether oxygens (including phenoxy) is 2. The Bertz CT molecular complexity index is 1640. The second kappa shape index (κ2) is 14.4. The molecule has 0 aliphatic rings. The van der Waals surface area contributed by atoms with Gasteiger partial charge in [0.2, 0.25) is 11.6 Å². The molecule has 1 heterocycles. The Morgan fingerprint density at radius 2 is 1.73 bits per heavy atom. The number of hydrazine groups is 1. The van der Waals surface area contributed by atoms with Crippen molar-refractivity contribution in [2.75, 3.05) is 30.8 Å². The van der Waals surface area contributed by atoms with Gasteiger partial charge in [0.15, 0.2) is 24.0 Å². The first kappa shape index (κ1) is 33.4. The van der Waals surface area contributed by atoms with Gasteiger partial charge in [-0.1, -0.05) is 11.6 Å².